The second-order valence-electron chi connectivity index (χ2n) is 5.18. The number of benzene rings is 2. The quantitative estimate of drug-likeness (QED) is 0.915. The highest BCUT2D eigenvalue weighted by Gasteiger charge is 2.07. The summed E-state index contributed by atoms with van der Waals surface area (Å²) in [5, 5.41) is 2.76. The predicted octanol–water partition coefficient (Wildman–Crippen LogP) is 3.74. The molecule has 4 heteroatoms. The van der Waals surface area contributed by atoms with Crippen molar-refractivity contribution in [2.24, 2.45) is 0 Å². The molecule has 0 radical (unpaired) electrons. The number of alkyl carbamates (subject to hydrolysis) is 1. The van der Waals surface area contributed by atoms with Gasteiger partial charge in [0.05, 0.1) is 7.11 Å². The maximum absolute atomic E-state index is 11.7. The molecule has 0 aliphatic rings. The van der Waals surface area contributed by atoms with Crippen LogP contribution in [0, 0.1) is 13.8 Å². The van der Waals surface area contributed by atoms with E-state index in [0.717, 1.165) is 28.0 Å². The van der Waals surface area contributed by atoms with Crippen molar-refractivity contribution in [3.05, 3.63) is 64.7 Å². The number of rotatable bonds is 5. The van der Waals surface area contributed by atoms with Gasteiger partial charge in [0, 0.05) is 6.54 Å². The molecule has 0 atom stereocenters. The fraction of sp³-hybridized carbons (Fsp3) is 0.278. The number of hydrogen-bond acceptors (Lipinski definition) is 3. The first-order valence-electron chi connectivity index (χ1n) is 7.19. The van der Waals surface area contributed by atoms with E-state index in [2.05, 4.69) is 5.32 Å². The lowest BCUT2D eigenvalue weighted by Crippen LogP contribution is -2.23. The molecule has 2 aromatic carbocycles. The maximum atomic E-state index is 11.7. The molecule has 2 aromatic rings. The van der Waals surface area contributed by atoms with E-state index in [9.17, 15) is 4.79 Å². The molecule has 0 fully saturated rings. The van der Waals surface area contributed by atoms with E-state index >= 15 is 0 Å². The monoisotopic (exact) mass is 299 g/mol. The molecule has 0 heterocycles. The molecule has 0 spiro atoms. The molecular formula is C18H21NO3. The number of carbonyl (C=O) groups is 1. The largest absolute Gasteiger partial charge is 0.496 e. The van der Waals surface area contributed by atoms with Crippen molar-refractivity contribution >= 4 is 6.09 Å². The molecule has 0 saturated carbocycles. The fourth-order valence-electron chi connectivity index (χ4n) is 2.41. The third-order valence-electron chi connectivity index (χ3n) is 3.37. The number of carbonyl (C=O) groups excluding carboxylic acids is 1. The van der Waals surface area contributed by atoms with E-state index in [1.807, 2.05) is 56.3 Å². The molecule has 0 aromatic heterocycles. The van der Waals surface area contributed by atoms with Crippen LogP contribution in [0.3, 0.4) is 0 Å². The second-order valence-corrected chi connectivity index (χ2v) is 5.18. The SMILES string of the molecule is COc1c(C)cc(CNC(=O)OCc2ccccc2)cc1C. The van der Waals surface area contributed by atoms with Crippen LogP contribution in [-0.4, -0.2) is 13.2 Å². The third kappa shape index (κ3) is 4.25. The van der Waals surface area contributed by atoms with Crippen molar-refractivity contribution in [1.82, 2.24) is 5.32 Å². The topological polar surface area (TPSA) is 47.6 Å². The zero-order valence-corrected chi connectivity index (χ0v) is 13.2. The molecule has 0 bridgehead atoms. The number of nitrogens with one attached hydrogen (secondary N) is 1. The zero-order chi connectivity index (χ0) is 15.9. The molecular weight excluding hydrogens is 278 g/mol. The van der Waals surface area contributed by atoms with Gasteiger partial charge in [-0.2, -0.15) is 0 Å². The van der Waals surface area contributed by atoms with Crippen LogP contribution in [0.1, 0.15) is 22.3 Å². The number of ether oxygens (including phenoxy) is 2. The standard InChI is InChI=1S/C18H21NO3/c1-13-9-16(10-14(2)17(13)21-3)11-19-18(20)22-12-15-7-5-4-6-8-15/h4-10H,11-12H2,1-3H3,(H,19,20). The number of amides is 1. The zero-order valence-electron chi connectivity index (χ0n) is 13.2. The van der Waals surface area contributed by atoms with Gasteiger partial charge in [-0.15, -0.1) is 0 Å². The Hall–Kier alpha value is -2.49. The summed E-state index contributed by atoms with van der Waals surface area (Å²) in [5.74, 6) is 0.885. The molecule has 0 aliphatic carbocycles. The Morgan fingerprint density at radius 3 is 2.27 bits per heavy atom. The molecule has 0 saturated heterocycles. The highest BCUT2D eigenvalue weighted by Crippen LogP contribution is 2.24. The lowest BCUT2D eigenvalue weighted by atomic mass is 10.1. The third-order valence-corrected chi connectivity index (χ3v) is 3.37. The van der Waals surface area contributed by atoms with Crippen molar-refractivity contribution in [3.63, 3.8) is 0 Å². The summed E-state index contributed by atoms with van der Waals surface area (Å²) in [6, 6.07) is 13.6. The summed E-state index contributed by atoms with van der Waals surface area (Å²) in [6.07, 6.45) is -0.421. The minimum atomic E-state index is -0.421. The van der Waals surface area contributed by atoms with Crippen LogP contribution in [0.5, 0.6) is 5.75 Å². The van der Waals surface area contributed by atoms with Crippen LogP contribution in [0.15, 0.2) is 42.5 Å². The van der Waals surface area contributed by atoms with E-state index in [1.165, 1.54) is 0 Å². The summed E-state index contributed by atoms with van der Waals surface area (Å²) in [7, 11) is 1.66. The minimum Gasteiger partial charge on any atom is -0.496 e. The van der Waals surface area contributed by atoms with Crippen LogP contribution < -0.4 is 10.1 Å². The van der Waals surface area contributed by atoms with Gasteiger partial charge in [0.25, 0.3) is 0 Å². The summed E-state index contributed by atoms with van der Waals surface area (Å²) in [6.45, 7) is 4.68. The number of aryl methyl sites for hydroxylation is 2. The first-order valence-corrected chi connectivity index (χ1v) is 7.19. The van der Waals surface area contributed by atoms with Gasteiger partial charge in [0.2, 0.25) is 0 Å². The van der Waals surface area contributed by atoms with Gasteiger partial charge >= 0.3 is 6.09 Å². The first-order chi connectivity index (χ1) is 10.6. The average Bonchev–Trinajstić information content (AvgIpc) is 2.52. The fourth-order valence-corrected chi connectivity index (χ4v) is 2.41. The highest BCUT2D eigenvalue weighted by atomic mass is 16.5. The predicted molar refractivity (Wildman–Crippen MR) is 85.9 cm³/mol. The normalized spacial score (nSPS) is 10.1. The van der Waals surface area contributed by atoms with Gasteiger partial charge in [-0.05, 0) is 36.1 Å². The Morgan fingerprint density at radius 2 is 1.68 bits per heavy atom. The summed E-state index contributed by atoms with van der Waals surface area (Å²) in [4.78, 5) is 11.7. The second kappa shape index (κ2) is 7.50. The smallest absolute Gasteiger partial charge is 0.407 e. The van der Waals surface area contributed by atoms with Crippen molar-refractivity contribution in [3.8, 4) is 5.75 Å². The van der Waals surface area contributed by atoms with Gasteiger partial charge in [-0.3, -0.25) is 0 Å². The Bertz CT molecular complexity index is 615. The maximum Gasteiger partial charge on any atom is 0.407 e. The molecule has 22 heavy (non-hydrogen) atoms. The van der Waals surface area contributed by atoms with Gasteiger partial charge in [0.1, 0.15) is 12.4 Å². The van der Waals surface area contributed by atoms with Crippen LogP contribution in [0.4, 0.5) is 4.79 Å². The molecule has 0 unspecified atom stereocenters. The number of hydrogen-bond donors (Lipinski definition) is 1. The van der Waals surface area contributed by atoms with E-state index in [-0.39, 0.29) is 6.61 Å². The summed E-state index contributed by atoms with van der Waals surface area (Å²) >= 11 is 0. The van der Waals surface area contributed by atoms with Gasteiger partial charge in [-0.25, -0.2) is 4.79 Å². The van der Waals surface area contributed by atoms with Crippen molar-refractivity contribution < 1.29 is 14.3 Å². The van der Waals surface area contributed by atoms with Crippen LogP contribution >= 0.6 is 0 Å². The van der Waals surface area contributed by atoms with E-state index in [1.54, 1.807) is 7.11 Å². The summed E-state index contributed by atoms with van der Waals surface area (Å²) < 4.78 is 10.5. The highest BCUT2D eigenvalue weighted by molar-refractivity contribution is 5.67. The van der Waals surface area contributed by atoms with Crippen molar-refractivity contribution in [2.45, 2.75) is 27.0 Å². The minimum absolute atomic E-state index is 0.271. The number of methoxy groups -OCH3 is 1. The van der Waals surface area contributed by atoms with Crippen LogP contribution in [0.2, 0.25) is 0 Å². The first kappa shape index (κ1) is 15.9. The van der Waals surface area contributed by atoms with Crippen molar-refractivity contribution in [1.29, 1.82) is 0 Å². The van der Waals surface area contributed by atoms with E-state index in [0.29, 0.717) is 6.54 Å². The van der Waals surface area contributed by atoms with E-state index in [4.69, 9.17) is 9.47 Å². The molecule has 1 N–H and O–H groups in total. The molecule has 116 valence electrons. The molecule has 0 aliphatic heterocycles. The van der Waals surface area contributed by atoms with Crippen LogP contribution in [-0.2, 0) is 17.9 Å². The van der Waals surface area contributed by atoms with Crippen molar-refractivity contribution in [2.75, 3.05) is 7.11 Å². The molecule has 2 rings (SSSR count). The summed E-state index contributed by atoms with van der Waals surface area (Å²) in [5.41, 5.74) is 4.09. The molecule has 4 nitrogen and oxygen atoms in total. The van der Waals surface area contributed by atoms with E-state index < -0.39 is 6.09 Å². The lowest BCUT2D eigenvalue weighted by molar-refractivity contribution is 0.139. The Labute approximate surface area is 131 Å². The van der Waals surface area contributed by atoms with Gasteiger partial charge in [-0.1, -0.05) is 42.5 Å². The Kier molecular flexibility index (Phi) is 5.42. The van der Waals surface area contributed by atoms with Gasteiger partial charge in [0.15, 0.2) is 0 Å². The molecule has 1 amide bonds. The lowest BCUT2D eigenvalue weighted by Gasteiger charge is -2.12. The van der Waals surface area contributed by atoms with Gasteiger partial charge < -0.3 is 14.8 Å². The Morgan fingerprint density at radius 1 is 1.05 bits per heavy atom. The average molecular weight is 299 g/mol. The van der Waals surface area contributed by atoms with Crippen LogP contribution in [0.25, 0.3) is 0 Å². The Balaban J connectivity index is 1.86.